The van der Waals surface area contributed by atoms with Crippen molar-refractivity contribution >= 4 is 6.08 Å². The van der Waals surface area contributed by atoms with Crippen molar-refractivity contribution in [2.75, 3.05) is 13.6 Å². The average Bonchev–Trinajstić information content (AvgIpc) is 2.11. The van der Waals surface area contributed by atoms with Gasteiger partial charge < -0.3 is 5.32 Å². The number of benzene rings is 1. The zero-order chi connectivity index (χ0) is 10.4. The van der Waals surface area contributed by atoms with Crippen molar-refractivity contribution < 1.29 is 8.78 Å². The normalized spacial score (nSPS) is 11.1. The minimum atomic E-state index is -0.543. The molecule has 0 fully saturated rings. The molecule has 0 radical (unpaired) electrons. The summed E-state index contributed by atoms with van der Waals surface area (Å²) in [6.45, 7) is 0.855. The Hall–Kier alpha value is -1.22. The molecule has 14 heavy (non-hydrogen) atoms. The van der Waals surface area contributed by atoms with E-state index in [0.717, 1.165) is 19.0 Å². The summed E-state index contributed by atoms with van der Waals surface area (Å²) in [5.74, 6) is -1.09. The van der Waals surface area contributed by atoms with E-state index in [1.54, 1.807) is 6.08 Å². The third kappa shape index (κ3) is 3.66. The molecule has 76 valence electrons. The van der Waals surface area contributed by atoms with Gasteiger partial charge in [-0.25, -0.2) is 8.78 Å². The van der Waals surface area contributed by atoms with Crippen molar-refractivity contribution in [2.45, 2.75) is 6.42 Å². The molecule has 0 saturated carbocycles. The molecule has 0 amide bonds. The largest absolute Gasteiger partial charge is 0.319 e. The lowest BCUT2D eigenvalue weighted by molar-refractivity contribution is 0.583. The zero-order valence-corrected chi connectivity index (χ0v) is 8.06. The lowest BCUT2D eigenvalue weighted by atomic mass is 10.2. The van der Waals surface area contributed by atoms with E-state index in [1.807, 2.05) is 13.1 Å². The summed E-state index contributed by atoms with van der Waals surface area (Å²) in [7, 11) is 1.86. The zero-order valence-electron chi connectivity index (χ0n) is 8.06. The van der Waals surface area contributed by atoms with Crippen LogP contribution in [-0.2, 0) is 0 Å². The number of halogens is 2. The number of hydrogen-bond donors (Lipinski definition) is 1. The maximum atomic E-state index is 12.7. The molecule has 1 aromatic carbocycles. The lowest BCUT2D eigenvalue weighted by Gasteiger charge is -1.95. The van der Waals surface area contributed by atoms with Gasteiger partial charge in [-0.1, -0.05) is 12.2 Å². The van der Waals surface area contributed by atoms with Crippen LogP contribution in [0.25, 0.3) is 6.08 Å². The third-order valence-corrected chi connectivity index (χ3v) is 1.76. The van der Waals surface area contributed by atoms with Gasteiger partial charge in [0.25, 0.3) is 0 Å². The average molecular weight is 197 g/mol. The van der Waals surface area contributed by atoms with Crippen LogP contribution in [0.4, 0.5) is 8.78 Å². The van der Waals surface area contributed by atoms with E-state index in [2.05, 4.69) is 5.32 Å². The summed E-state index contributed by atoms with van der Waals surface area (Å²) in [4.78, 5) is 0. The summed E-state index contributed by atoms with van der Waals surface area (Å²) < 4.78 is 25.4. The fourth-order valence-corrected chi connectivity index (χ4v) is 1.12. The number of rotatable bonds is 4. The minimum Gasteiger partial charge on any atom is -0.319 e. The van der Waals surface area contributed by atoms with Crippen LogP contribution in [0.5, 0.6) is 0 Å². The molecule has 0 spiro atoms. The highest BCUT2D eigenvalue weighted by molar-refractivity contribution is 5.49. The first kappa shape index (κ1) is 10.9. The van der Waals surface area contributed by atoms with Gasteiger partial charge in [-0.15, -0.1) is 0 Å². The van der Waals surface area contributed by atoms with E-state index in [0.29, 0.717) is 5.56 Å². The molecule has 0 heterocycles. The Kier molecular flexibility index (Phi) is 4.26. The molecule has 3 heteroatoms. The highest BCUT2D eigenvalue weighted by Crippen LogP contribution is 2.09. The van der Waals surface area contributed by atoms with Crippen molar-refractivity contribution in [3.63, 3.8) is 0 Å². The van der Waals surface area contributed by atoms with Crippen LogP contribution < -0.4 is 5.32 Å². The van der Waals surface area contributed by atoms with E-state index >= 15 is 0 Å². The molecule has 0 unspecified atom stereocenters. The topological polar surface area (TPSA) is 12.0 Å². The summed E-state index contributed by atoms with van der Waals surface area (Å²) in [5, 5.41) is 2.98. The molecule has 1 aromatic rings. The Morgan fingerprint density at radius 3 is 2.43 bits per heavy atom. The molecule has 0 aliphatic heterocycles. The lowest BCUT2D eigenvalue weighted by Crippen LogP contribution is -2.05. The van der Waals surface area contributed by atoms with Gasteiger partial charge in [0.05, 0.1) is 0 Å². The number of hydrogen-bond acceptors (Lipinski definition) is 1. The van der Waals surface area contributed by atoms with Crippen LogP contribution >= 0.6 is 0 Å². The van der Waals surface area contributed by atoms with Crippen LogP contribution in [0.2, 0.25) is 0 Å². The summed E-state index contributed by atoms with van der Waals surface area (Å²) in [5.41, 5.74) is 0.554. The van der Waals surface area contributed by atoms with Crippen molar-refractivity contribution in [1.29, 1.82) is 0 Å². The fourth-order valence-electron chi connectivity index (χ4n) is 1.12. The molecule has 0 aliphatic rings. The van der Waals surface area contributed by atoms with Crippen LogP contribution in [-0.4, -0.2) is 13.6 Å². The maximum Gasteiger partial charge on any atom is 0.126 e. The van der Waals surface area contributed by atoms with Gasteiger partial charge in [-0.05, 0) is 37.7 Å². The van der Waals surface area contributed by atoms with Crippen molar-refractivity contribution in [1.82, 2.24) is 5.32 Å². The predicted octanol–water partition coefficient (Wildman–Crippen LogP) is 2.59. The van der Waals surface area contributed by atoms with E-state index in [1.165, 1.54) is 12.1 Å². The second-order valence-electron chi connectivity index (χ2n) is 3.00. The molecule has 1 rings (SSSR count). The summed E-state index contributed by atoms with van der Waals surface area (Å²) >= 11 is 0. The van der Waals surface area contributed by atoms with Gasteiger partial charge in [-0.2, -0.15) is 0 Å². The second-order valence-corrected chi connectivity index (χ2v) is 3.00. The Morgan fingerprint density at radius 2 is 1.86 bits per heavy atom. The van der Waals surface area contributed by atoms with Crippen molar-refractivity contribution in [3.8, 4) is 0 Å². The van der Waals surface area contributed by atoms with Gasteiger partial charge in [-0.3, -0.25) is 0 Å². The van der Waals surface area contributed by atoms with Gasteiger partial charge in [0.15, 0.2) is 0 Å². The number of nitrogens with one attached hydrogen (secondary N) is 1. The summed E-state index contributed by atoms with van der Waals surface area (Å²) in [6, 6.07) is 3.48. The SMILES string of the molecule is CNCCC=Cc1cc(F)cc(F)c1. The van der Waals surface area contributed by atoms with E-state index in [4.69, 9.17) is 0 Å². The van der Waals surface area contributed by atoms with Gasteiger partial charge >= 0.3 is 0 Å². The highest BCUT2D eigenvalue weighted by atomic mass is 19.1. The van der Waals surface area contributed by atoms with Crippen molar-refractivity contribution in [3.05, 3.63) is 41.5 Å². The van der Waals surface area contributed by atoms with Gasteiger partial charge in [0.1, 0.15) is 11.6 Å². The van der Waals surface area contributed by atoms with E-state index in [9.17, 15) is 8.78 Å². The molecule has 0 atom stereocenters. The Labute approximate surface area is 82.4 Å². The first-order valence-electron chi connectivity index (χ1n) is 4.49. The Morgan fingerprint density at radius 1 is 1.21 bits per heavy atom. The quantitative estimate of drug-likeness (QED) is 0.731. The van der Waals surface area contributed by atoms with Gasteiger partial charge in [0, 0.05) is 6.07 Å². The molecular formula is C11H13F2N. The third-order valence-electron chi connectivity index (χ3n) is 1.76. The maximum absolute atomic E-state index is 12.7. The Balaban J connectivity index is 2.62. The molecule has 0 aliphatic carbocycles. The van der Waals surface area contributed by atoms with Crippen LogP contribution in [0, 0.1) is 11.6 Å². The van der Waals surface area contributed by atoms with E-state index < -0.39 is 11.6 Å². The van der Waals surface area contributed by atoms with E-state index in [-0.39, 0.29) is 0 Å². The molecule has 0 bridgehead atoms. The van der Waals surface area contributed by atoms with Crippen LogP contribution in [0.3, 0.4) is 0 Å². The molecule has 0 saturated heterocycles. The minimum absolute atomic E-state index is 0.543. The molecule has 0 aromatic heterocycles. The first-order chi connectivity index (χ1) is 6.72. The fraction of sp³-hybridized carbons (Fsp3) is 0.273. The predicted molar refractivity (Wildman–Crippen MR) is 53.9 cm³/mol. The molecule has 1 N–H and O–H groups in total. The molecular weight excluding hydrogens is 184 g/mol. The van der Waals surface area contributed by atoms with Crippen LogP contribution in [0.15, 0.2) is 24.3 Å². The summed E-state index contributed by atoms with van der Waals surface area (Å²) in [6.07, 6.45) is 4.43. The smallest absolute Gasteiger partial charge is 0.126 e. The van der Waals surface area contributed by atoms with Gasteiger partial charge in [0.2, 0.25) is 0 Å². The standard InChI is InChI=1S/C11H13F2N/c1-14-5-3-2-4-9-6-10(12)8-11(13)7-9/h2,4,6-8,14H,3,5H2,1H3. The monoisotopic (exact) mass is 197 g/mol. The second kappa shape index (κ2) is 5.50. The highest BCUT2D eigenvalue weighted by Gasteiger charge is 1.96. The van der Waals surface area contributed by atoms with Crippen LogP contribution in [0.1, 0.15) is 12.0 Å². The molecule has 1 nitrogen and oxygen atoms in total. The van der Waals surface area contributed by atoms with Crippen molar-refractivity contribution in [2.24, 2.45) is 0 Å². The Bertz CT molecular complexity index is 301. The first-order valence-corrected chi connectivity index (χ1v) is 4.49.